The lowest BCUT2D eigenvalue weighted by atomic mass is 9.51. The van der Waals surface area contributed by atoms with E-state index >= 15 is 0 Å². The van der Waals surface area contributed by atoms with Gasteiger partial charge in [-0.05, 0) is 63.5 Å². The van der Waals surface area contributed by atoms with Gasteiger partial charge in [0, 0.05) is 29.8 Å². The van der Waals surface area contributed by atoms with Crippen molar-refractivity contribution in [1.82, 2.24) is 4.90 Å². The van der Waals surface area contributed by atoms with Gasteiger partial charge in [0.1, 0.15) is 0 Å². The van der Waals surface area contributed by atoms with E-state index in [0.29, 0.717) is 17.8 Å². The number of piperidine rings is 1. The predicted octanol–water partition coefficient (Wildman–Crippen LogP) is 4.17. The molecule has 5 aliphatic rings. The van der Waals surface area contributed by atoms with E-state index < -0.39 is 0 Å². The minimum atomic E-state index is 0.0104. The summed E-state index contributed by atoms with van der Waals surface area (Å²) >= 11 is 0. The first-order chi connectivity index (χ1) is 13.4. The average molecular weight is 386 g/mol. The number of hydrogen-bond acceptors (Lipinski definition) is 4. The monoisotopic (exact) mass is 385 g/mol. The van der Waals surface area contributed by atoms with Crippen molar-refractivity contribution in [3.05, 3.63) is 23.0 Å². The number of methoxy groups -OCH3 is 1. The zero-order valence-corrected chi connectivity index (χ0v) is 17.9. The first kappa shape index (κ1) is 18.7. The fraction of sp³-hybridized carbons (Fsp3) is 0.792. The summed E-state index contributed by atoms with van der Waals surface area (Å²) < 4.78 is 11.8. The van der Waals surface area contributed by atoms with Crippen LogP contribution in [0, 0.1) is 34.5 Å². The van der Waals surface area contributed by atoms with Crippen LogP contribution in [0.15, 0.2) is 23.0 Å². The van der Waals surface area contributed by atoms with Crippen LogP contribution in [-0.2, 0) is 14.3 Å². The molecule has 28 heavy (non-hydrogen) atoms. The predicted molar refractivity (Wildman–Crippen MR) is 108 cm³/mol. The van der Waals surface area contributed by atoms with Gasteiger partial charge in [0.15, 0.2) is 0 Å². The van der Waals surface area contributed by atoms with Crippen LogP contribution in [0.4, 0.5) is 0 Å². The molecular formula is C24H35NO3. The Kier molecular flexibility index (Phi) is 4.25. The van der Waals surface area contributed by atoms with Crippen LogP contribution in [0.3, 0.4) is 0 Å². The highest BCUT2D eigenvalue weighted by Gasteiger charge is 2.68. The van der Waals surface area contributed by atoms with Gasteiger partial charge < -0.3 is 14.4 Å². The maximum atomic E-state index is 12.8. The molecule has 154 valence electrons. The molecule has 0 amide bonds. The molecule has 2 spiro atoms. The number of rotatable bonds is 2. The summed E-state index contributed by atoms with van der Waals surface area (Å²) in [6, 6.07) is 0. The van der Waals surface area contributed by atoms with Crippen molar-refractivity contribution < 1.29 is 14.3 Å². The Morgan fingerprint density at radius 1 is 1.32 bits per heavy atom. The Bertz CT molecular complexity index is 753. The van der Waals surface area contributed by atoms with E-state index in [4.69, 9.17) is 9.47 Å². The molecule has 3 aliphatic carbocycles. The van der Waals surface area contributed by atoms with E-state index in [1.807, 2.05) is 0 Å². The third-order valence-electron chi connectivity index (χ3n) is 8.92. The Labute approximate surface area is 169 Å². The molecule has 5 rings (SSSR count). The highest BCUT2D eigenvalue weighted by Crippen LogP contribution is 2.71. The molecule has 0 N–H and O–H groups in total. The fourth-order valence-electron chi connectivity index (χ4n) is 7.85. The van der Waals surface area contributed by atoms with E-state index in [1.165, 1.54) is 19.3 Å². The summed E-state index contributed by atoms with van der Waals surface area (Å²) in [5, 5.41) is 0. The molecule has 2 aliphatic heterocycles. The summed E-state index contributed by atoms with van der Waals surface area (Å²) in [7, 11) is 3.84. The molecule has 2 heterocycles. The van der Waals surface area contributed by atoms with E-state index in [1.54, 1.807) is 18.3 Å². The van der Waals surface area contributed by atoms with E-state index in [9.17, 15) is 4.79 Å². The number of carbonyl (C=O) groups is 1. The van der Waals surface area contributed by atoms with Crippen LogP contribution in [0.1, 0.15) is 52.4 Å². The molecule has 4 heteroatoms. The van der Waals surface area contributed by atoms with Crippen molar-refractivity contribution in [3.63, 3.8) is 0 Å². The number of likely N-dealkylation sites (tertiary alicyclic amines) is 1. The number of carbonyl (C=O) groups excluding carboxylic acids is 1. The van der Waals surface area contributed by atoms with Gasteiger partial charge in [-0.15, -0.1) is 0 Å². The second-order valence-electron chi connectivity index (χ2n) is 10.4. The van der Waals surface area contributed by atoms with Crippen molar-refractivity contribution in [2.75, 3.05) is 33.9 Å². The number of nitrogens with zero attached hydrogens (tertiary/aromatic N) is 1. The van der Waals surface area contributed by atoms with Crippen LogP contribution in [0.2, 0.25) is 0 Å². The van der Waals surface area contributed by atoms with Crippen molar-refractivity contribution in [1.29, 1.82) is 0 Å². The minimum Gasteiger partial charge on any atom is -0.497 e. The lowest BCUT2D eigenvalue weighted by Crippen LogP contribution is -2.61. The number of ether oxygens (including phenoxy) is 2. The van der Waals surface area contributed by atoms with E-state index in [-0.39, 0.29) is 22.7 Å². The molecule has 0 aromatic rings. The molecule has 4 nitrogen and oxygen atoms in total. The van der Waals surface area contributed by atoms with Gasteiger partial charge in [-0.3, -0.25) is 4.79 Å². The van der Waals surface area contributed by atoms with Crippen LogP contribution >= 0.6 is 0 Å². The fourth-order valence-corrected chi connectivity index (χ4v) is 7.85. The second-order valence-corrected chi connectivity index (χ2v) is 10.4. The highest BCUT2D eigenvalue weighted by atomic mass is 16.5. The molecule has 0 unspecified atom stereocenters. The SMILES string of the molecule is COC(=O)[C@@H]1C[C@@]23CN(C)C[C@@H](CCC4=C2[C@@H]1CC4)[C@@]31CC=C(C(C)C)OC1. The van der Waals surface area contributed by atoms with E-state index in [0.717, 1.165) is 44.7 Å². The van der Waals surface area contributed by atoms with Crippen molar-refractivity contribution in [2.45, 2.75) is 52.4 Å². The van der Waals surface area contributed by atoms with Crippen molar-refractivity contribution in [2.24, 2.45) is 34.5 Å². The maximum absolute atomic E-state index is 12.8. The van der Waals surface area contributed by atoms with Gasteiger partial charge in [0.05, 0.1) is 25.4 Å². The molecule has 1 saturated heterocycles. The Morgan fingerprint density at radius 3 is 2.79 bits per heavy atom. The number of hydrogen-bond donors (Lipinski definition) is 0. The zero-order valence-electron chi connectivity index (χ0n) is 17.9. The summed E-state index contributed by atoms with van der Waals surface area (Å²) in [5.41, 5.74) is 3.57. The molecule has 5 atom stereocenters. The lowest BCUT2D eigenvalue weighted by molar-refractivity contribution is -0.149. The second kappa shape index (κ2) is 6.35. The molecule has 0 aromatic heterocycles. The summed E-state index contributed by atoms with van der Waals surface area (Å²) in [4.78, 5) is 15.3. The van der Waals surface area contributed by atoms with Crippen LogP contribution in [0.5, 0.6) is 0 Å². The molecule has 0 radical (unpaired) electrons. The van der Waals surface area contributed by atoms with Gasteiger partial charge in [-0.1, -0.05) is 25.0 Å². The number of esters is 1. The summed E-state index contributed by atoms with van der Waals surface area (Å²) in [5.74, 6) is 2.70. The van der Waals surface area contributed by atoms with Crippen LogP contribution < -0.4 is 0 Å². The Hall–Kier alpha value is -1.29. The summed E-state index contributed by atoms with van der Waals surface area (Å²) in [6.07, 6.45) is 9.29. The molecule has 0 aromatic carbocycles. The highest BCUT2D eigenvalue weighted by molar-refractivity contribution is 5.75. The normalized spacial score (nSPS) is 42.3. The van der Waals surface area contributed by atoms with Gasteiger partial charge in [0.25, 0.3) is 0 Å². The Morgan fingerprint density at radius 2 is 2.11 bits per heavy atom. The minimum absolute atomic E-state index is 0.0104. The lowest BCUT2D eigenvalue weighted by Gasteiger charge is -2.59. The average Bonchev–Trinajstić information content (AvgIpc) is 3.22. The summed E-state index contributed by atoms with van der Waals surface area (Å²) in [6.45, 7) is 7.50. The molecule has 1 saturated carbocycles. The first-order valence-electron chi connectivity index (χ1n) is 11.2. The topological polar surface area (TPSA) is 38.8 Å². The zero-order chi connectivity index (χ0) is 19.7. The Balaban J connectivity index is 1.66. The third kappa shape index (κ3) is 2.30. The standard InChI is InChI=1S/C24H35NO3/c1-15(2)20-9-10-23(14-28-20)17-7-5-16-6-8-18-19(22(26)27-4)11-24(23,21(16)18)13-25(3)12-17/h9,15,17-19H,5-8,10-14H2,1-4H3/t17-,18-,19-,23+,24-/m1/s1. The van der Waals surface area contributed by atoms with Crippen LogP contribution in [0.25, 0.3) is 0 Å². The molecule has 2 fully saturated rings. The largest absolute Gasteiger partial charge is 0.497 e. The van der Waals surface area contributed by atoms with Gasteiger partial charge >= 0.3 is 5.97 Å². The van der Waals surface area contributed by atoms with Crippen LogP contribution in [-0.4, -0.2) is 44.7 Å². The van der Waals surface area contributed by atoms with Crippen molar-refractivity contribution in [3.8, 4) is 0 Å². The molecule has 2 bridgehead atoms. The number of allylic oxidation sites excluding steroid dienone is 3. The van der Waals surface area contributed by atoms with Gasteiger partial charge in [-0.2, -0.15) is 0 Å². The smallest absolute Gasteiger partial charge is 0.309 e. The molecular weight excluding hydrogens is 350 g/mol. The quantitative estimate of drug-likeness (QED) is 0.528. The van der Waals surface area contributed by atoms with Crippen molar-refractivity contribution >= 4 is 5.97 Å². The maximum Gasteiger partial charge on any atom is 0.309 e. The van der Waals surface area contributed by atoms with E-state index in [2.05, 4.69) is 31.9 Å². The first-order valence-corrected chi connectivity index (χ1v) is 11.2. The van der Waals surface area contributed by atoms with Gasteiger partial charge in [-0.25, -0.2) is 0 Å². The third-order valence-corrected chi connectivity index (χ3v) is 8.92. The van der Waals surface area contributed by atoms with Gasteiger partial charge in [0.2, 0.25) is 0 Å².